The van der Waals surface area contributed by atoms with E-state index in [0.29, 0.717) is 11.4 Å². The predicted molar refractivity (Wildman–Crippen MR) is 59.9 cm³/mol. The number of rotatable bonds is 1. The number of ether oxygens (including phenoxy) is 1. The Morgan fingerprint density at radius 2 is 2.08 bits per heavy atom. The van der Waals surface area contributed by atoms with E-state index in [0.717, 1.165) is 6.42 Å². The second-order valence-corrected chi connectivity index (χ2v) is 6.30. The van der Waals surface area contributed by atoms with Crippen LogP contribution in [0.1, 0.15) is 13.3 Å². The number of halogens is 4. The third-order valence-electron chi connectivity index (χ3n) is 2.11. The highest BCUT2D eigenvalue weighted by Gasteiger charge is 2.45. The number of alkyl halides is 4. The minimum atomic E-state index is -0.512. The monoisotopic (exact) mass is 338 g/mol. The molecule has 0 amide bonds. The smallest absolute Gasteiger partial charge is 0.137 e. The molecule has 0 aromatic rings. The summed E-state index contributed by atoms with van der Waals surface area (Å²) in [6, 6.07) is 0. The molecule has 1 fully saturated rings. The van der Waals surface area contributed by atoms with Gasteiger partial charge in [0.15, 0.2) is 0 Å². The summed E-state index contributed by atoms with van der Waals surface area (Å²) in [5, 5.41) is 0. The normalized spacial score (nSPS) is 43.5. The van der Waals surface area contributed by atoms with Crippen molar-refractivity contribution in [1.82, 2.24) is 0 Å². The molecule has 3 unspecified atom stereocenters. The summed E-state index contributed by atoms with van der Waals surface area (Å²) in [5.41, 5.74) is -0.491. The summed E-state index contributed by atoms with van der Waals surface area (Å²) >= 11 is 18.8. The zero-order valence-electron chi connectivity index (χ0n) is 6.57. The van der Waals surface area contributed by atoms with Crippen molar-refractivity contribution in [1.29, 1.82) is 0 Å². The van der Waals surface area contributed by atoms with Crippen LogP contribution in [0.4, 0.5) is 0 Å². The van der Waals surface area contributed by atoms with Crippen LogP contribution in [0.5, 0.6) is 0 Å². The molecule has 0 N–H and O–H groups in total. The van der Waals surface area contributed by atoms with Crippen LogP contribution in [0.15, 0.2) is 0 Å². The average Bonchev–Trinajstić information content (AvgIpc) is 2.00. The van der Waals surface area contributed by atoms with E-state index in [9.17, 15) is 0 Å². The molecule has 1 saturated heterocycles. The fourth-order valence-electron chi connectivity index (χ4n) is 1.16. The van der Waals surface area contributed by atoms with Crippen molar-refractivity contribution in [2.24, 2.45) is 0 Å². The molecule has 0 aromatic carbocycles. The first-order valence-corrected chi connectivity index (χ1v) is 6.39. The largest absolute Gasteiger partial charge is 0.371 e. The van der Waals surface area contributed by atoms with Gasteiger partial charge < -0.3 is 4.74 Å². The van der Waals surface area contributed by atoms with E-state index in [1.807, 2.05) is 6.92 Å². The lowest BCUT2D eigenvalue weighted by Gasteiger charge is -2.41. The summed E-state index contributed by atoms with van der Waals surface area (Å²) in [6.07, 6.45) is 0.978. The van der Waals surface area contributed by atoms with Crippen molar-refractivity contribution in [3.63, 3.8) is 0 Å². The highest BCUT2D eigenvalue weighted by atomic mass is 79.9. The molecule has 1 nitrogen and oxygen atoms in total. The molecular formula is C7H10Br2Cl2O. The molecule has 0 bridgehead atoms. The maximum Gasteiger partial charge on any atom is 0.137 e. The number of hydrogen-bond donors (Lipinski definition) is 0. The van der Waals surface area contributed by atoms with Crippen molar-refractivity contribution < 1.29 is 4.74 Å². The van der Waals surface area contributed by atoms with Gasteiger partial charge in [0.25, 0.3) is 0 Å². The second kappa shape index (κ2) is 4.35. The van der Waals surface area contributed by atoms with Gasteiger partial charge in [-0.15, -0.1) is 23.2 Å². The van der Waals surface area contributed by atoms with Crippen molar-refractivity contribution in [3.8, 4) is 0 Å². The fraction of sp³-hybridized carbons (Fsp3) is 1.00. The van der Waals surface area contributed by atoms with E-state index in [4.69, 9.17) is 27.9 Å². The summed E-state index contributed by atoms with van der Waals surface area (Å²) in [7, 11) is 0. The molecular weight excluding hydrogens is 331 g/mol. The molecule has 0 radical (unpaired) electrons. The molecule has 12 heavy (non-hydrogen) atoms. The van der Waals surface area contributed by atoms with Crippen LogP contribution >= 0.6 is 55.1 Å². The maximum atomic E-state index is 5.85. The zero-order chi connectivity index (χ0) is 9.35. The van der Waals surface area contributed by atoms with Gasteiger partial charge in [-0.3, -0.25) is 0 Å². The molecule has 1 rings (SSSR count). The fourth-order valence-corrected chi connectivity index (χ4v) is 3.23. The van der Waals surface area contributed by atoms with Crippen LogP contribution in [0, 0.1) is 0 Å². The van der Waals surface area contributed by atoms with Crippen LogP contribution in [0.25, 0.3) is 0 Å². The summed E-state index contributed by atoms with van der Waals surface area (Å²) in [6.45, 7) is 2.62. The van der Waals surface area contributed by atoms with Gasteiger partial charge in [-0.2, -0.15) is 0 Å². The second-order valence-electron chi connectivity index (χ2n) is 3.04. The molecule has 0 saturated carbocycles. The molecule has 5 heteroatoms. The molecule has 1 heterocycles. The van der Waals surface area contributed by atoms with E-state index < -0.39 is 10.4 Å². The third kappa shape index (κ3) is 2.11. The summed E-state index contributed by atoms with van der Waals surface area (Å²) < 4.78 is 5.57. The van der Waals surface area contributed by atoms with Crippen molar-refractivity contribution in [3.05, 3.63) is 0 Å². The Balaban J connectivity index is 2.74. The maximum absolute atomic E-state index is 5.85. The Hall–Kier alpha value is 1.50. The molecule has 0 aromatic heterocycles. The van der Waals surface area contributed by atoms with Crippen molar-refractivity contribution in [2.75, 3.05) is 6.61 Å². The van der Waals surface area contributed by atoms with Crippen LogP contribution in [0.2, 0.25) is 0 Å². The Morgan fingerprint density at radius 3 is 2.50 bits per heavy atom. The van der Waals surface area contributed by atoms with E-state index in [-0.39, 0.29) is 4.83 Å². The Labute approximate surface area is 99.4 Å². The van der Waals surface area contributed by atoms with Gasteiger partial charge >= 0.3 is 0 Å². The topological polar surface area (TPSA) is 9.23 Å². The van der Waals surface area contributed by atoms with Gasteiger partial charge in [-0.1, -0.05) is 31.9 Å². The van der Waals surface area contributed by atoms with E-state index in [1.54, 1.807) is 0 Å². The van der Waals surface area contributed by atoms with E-state index >= 15 is 0 Å². The summed E-state index contributed by atoms with van der Waals surface area (Å²) in [5.74, 6) is 0. The van der Waals surface area contributed by atoms with Gasteiger partial charge in [-0.05, 0) is 13.3 Å². The third-order valence-corrected chi connectivity index (χ3v) is 6.21. The van der Waals surface area contributed by atoms with Gasteiger partial charge in [0.05, 0.1) is 4.83 Å². The quantitative estimate of drug-likeness (QED) is 0.664. The summed E-state index contributed by atoms with van der Waals surface area (Å²) in [4.78, 5) is 0.0113. The Morgan fingerprint density at radius 1 is 1.50 bits per heavy atom. The molecule has 0 aliphatic carbocycles. The predicted octanol–water partition coefficient (Wildman–Crippen LogP) is 3.50. The van der Waals surface area contributed by atoms with E-state index in [2.05, 4.69) is 31.9 Å². The van der Waals surface area contributed by atoms with Gasteiger partial charge in [0.1, 0.15) is 10.4 Å². The first-order chi connectivity index (χ1) is 5.48. The minimum absolute atomic E-state index is 0.152. The molecule has 3 atom stereocenters. The first-order valence-electron chi connectivity index (χ1n) is 3.68. The lowest BCUT2D eigenvalue weighted by molar-refractivity contribution is -0.0449. The molecule has 1 aliphatic rings. The molecule has 0 spiro atoms. The lowest BCUT2D eigenvalue weighted by atomic mass is 9.98. The molecule has 1 aliphatic heterocycles. The minimum Gasteiger partial charge on any atom is -0.371 e. The Kier molecular flexibility index (Phi) is 4.19. The average molecular weight is 341 g/mol. The molecule has 72 valence electrons. The van der Waals surface area contributed by atoms with Crippen LogP contribution in [-0.2, 0) is 4.74 Å². The van der Waals surface area contributed by atoms with Gasteiger partial charge in [0.2, 0.25) is 0 Å². The van der Waals surface area contributed by atoms with Gasteiger partial charge in [-0.25, -0.2) is 0 Å². The first kappa shape index (κ1) is 11.6. The van der Waals surface area contributed by atoms with E-state index in [1.165, 1.54) is 0 Å². The highest BCUT2D eigenvalue weighted by molar-refractivity contribution is 9.12. The van der Waals surface area contributed by atoms with Crippen molar-refractivity contribution >= 4 is 55.1 Å². The van der Waals surface area contributed by atoms with Crippen LogP contribution in [0.3, 0.4) is 0 Å². The van der Waals surface area contributed by atoms with Gasteiger partial charge in [0, 0.05) is 11.4 Å². The highest BCUT2D eigenvalue weighted by Crippen LogP contribution is 2.40. The lowest BCUT2D eigenvalue weighted by Crippen LogP contribution is -2.52. The Bertz CT molecular complexity index is 167. The standard InChI is InChI=1S/C7H10Br2Cl2O/c1-7(6(10)11)5(9)4(8)2-3-12-7/h4-6H,2-3H2,1H3. The number of hydrogen-bond acceptors (Lipinski definition) is 1. The van der Waals surface area contributed by atoms with Crippen LogP contribution in [-0.4, -0.2) is 26.7 Å². The van der Waals surface area contributed by atoms with Crippen molar-refractivity contribution in [2.45, 2.75) is 33.4 Å². The zero-order valence-corrected chi connectivity index (χ0v) is 11.3. The SMILES string of the molecule is CC1(C(Cl)Cl)OCCC(Br)C1Br. The van der Waals surface area contributed by atoms with Crippen LogP contribution < -0.4 is 0 Å².